The van der Waals surface area contributed by atoms with Crippen molar-refractivity contribution in [1.29, 1.82) is 0 Å². The molecule has 9 heteroatoms. The summed E-state index contributed by atoms with van der Waals surface area (Å²) >= 11 is 1.29. The van der Waals surface area contributed by atoms with E-state index in [4.69, 9.17) is 14.2 Å². The van der Waals surface area contributed by atoms with Crippen molar-refractivity contribution in [1.82, 2.24) is 4.57 Å². The number of hydrogen-bond donors (Lipinski definition) is 0. The fourth-order valence-electron chi connectivity index (χ4n) is 4.99. The van der Waals surface area contributed by atoms with Crippen LogP contribution in [-0.2, 0) is 16.1 Å². The van der Waals surface area contributed by atoms with Gasteiger partial charge in [0.25, 0.3) is 5.56 Å². The number of nitrogens with zero attached hydrogens (tertiary/aromatic N) is 3. The van der Waals surface area contributed by atoms with Crippen LogP contribution in [0.1, 0.15) is 35.2 Å². The van der Waals surface area contributed by atoms with Crippen LogP contribution in [0.4, 0.5) is 5.69 Å². The number of carbonyl (C=O) groups excluding carboxylic acids is 1. The summed E-state index contributed by atoms with van der Waals surface area (Å²) in [5.41, 5.74) is 5.15. The van der Waals surface area contributed by atoms with Gasteiger partial charge in [-0.15, -0.1) is 0 Å². The molecule has 0 bridgehead atoms. The number of aromatic nitrogens is 1. The molecule has 0 aliphatic carbocycles. The van der Waals surface area contributed by atoms with Gasteiger partial charge in [-0.25, -0.2) is 9.79 Å². The van der Waals surface area contributed by atoms with Crippen molar-refractivity contribution in [3.8, 4) is 11.5 Å². The Kier molecular flexibility index (Phi) is 8.31. The molecule has 0 amide bonds. The van der Waals surface area contributed by atoms with Crippen molar-refractivity contribution in [2.24, 2.45) is 4.99 Å². The lowest BCUT2D eigenvalue weighted by Gasteiger charge is -2.25. The molecule has 3 aromatic carbocycles. The highest BCUT2D eigenvalue weighted by atomic mass is 32.1. The van der Waals surface area contributed by atoms with Crippen molar-refractivity contribution in [2.45, 2.75) is 26.5 Å². The molecule has 0 saturated carbocycles. The second kappa shape index (κ2) is 12.1. The third kappa shape index (κ3) is 5.60. The topological polar surface area (TPSA) is 82.4 Å². The maximum Gasteiger partial charge on any atom is 0.338 e. The van der Waals surface area contributed by atoms with E-state index in [1.54, 1.807) is 18.6 Å². The third-order valence-electron chi connectivity index (χ3n) is 7.23. The Morgan fingerprint density at radius 3 is 2.43 bits per heavy atom. The molecular formula is C33H33N3O5S. The monoisotopic (exact) mass is 583 g/mol. The van der Waals surface area contributed by atoms with E-state index in [2.05, 4.69) is 4.99 Å². The molecule has 0 saturated heterocycles. The minimum absolute atomic E-state index is 0.233. The van der Waals surface area contributed by atoms with Crippen LogP contribution in [-0.4, -0.2) is 38.9 Å². The van der Waals surface area contributed by atoms with E-state index in [1.807, 2.05) is 98.7 Å². The summed E-state index contributed by atoms with van der Waals surface area (Å²) in [4.78, 5) is 34.1. The van der Waals surface area contributed by atoms with Crippen LogP contribution in [0.15, 0.2) is 87.8 Å². The number of anilines is 1. The van der Waals surface area contributed by atoms with Gasteiger partial charge < -0.3 is 19.1 Å². The largest absolute Gasteiger partial charge is 0.496 e. The van der Waals surface area contributed by atoms with Crippen LogP contribution in [0.3, 0.4) is 0 Å². The number of methoxy groups -OCH3 is 2. The quantitative estimate of drug-likeness (QED) is 0.287. The summed E-state index contributed by atoms with van der Waals surface area (Å²) in [7, 11) is 6.88. The second-order valence-electron chi connectivity index (χ2n) is 10.2. The van der Waals surface area contributed by atoms with Gasteiger partial charge in [0.1, 0.15) is 18.1 Å². The first kappa shape index (κ1) is 28.9. The molecule has 0 N–H and O–H groups in total. The smallest absolute Gasteiger partial charge is 0.338 e. The van der Waals surface area contributed by atoms with Gasteiger partial charge >= 0.3 is 5.97 Å². The van der Waals surface area contributed by atoms with Crippen molar-refractivity contribution < 1.29 is 19.0 Å². The normalized spacial score (nSPS) is 14.7. The molecule has 216 valence electrons. The zero-order chi connectivity index (χ0) is 30.0. The molecule has 1 aromatic heterocycles. The molecule has 1 aliphatic heterocycles. The first-order valence-electron chi connectivity index (χ1n) is 13.4. The number of aryl methyl sites for hydroxylation is 1. The van der Waals surface area contributed by atoms with Crippen LogP contribution in [0, 0.1) is 6.92 Å². The van der Waals surface area contributed by atoms with E-state index in [-0.39, 0.29) is 5.56 Å². The van der Waals surface area contributed by atoms with Crippen molar-refractivity contribution in [3.63, 3.8) is 0 Å². The highest BCUT2D eigenvalue weighted by Crippen LogP contribution is 2.31. The predicted octanol–water partition coefficient (Wildman–Crippen LogP) is 4.37. The minimum atomic E-state index is -0.666. The van der Waals surface area contributed by atoms with E-state index < -0.39 is 12.0 Å². The molecule has 4 aromatic rings. The maximum absolute atomic E-state index is 13.9. The lowest BCUT2D eigenvalue weighted by Crippen LogP contribution is -2.39. The second-order valence-corrected chi connectivity index (χ2v) is 11.2. The van der Waals surface area contributed by atoms with E-state index in [1.165, 1.54) is 18.4 Å². The summed E-state index contributed by atoms with van der Waals surface area (Å²) in [5, 5.41) is 0. The van der Waals surface area contributed by atoms with E-state index in [0.717, 1.165) is 33.7 Å². The molecule has 1 atom stereocenters. The molecule has 2 heterocycles. The number of fused-ring (bicyclic) bond motifs is 1. The molecule has 8 nitrogen and oxygen atoms in total. The zero-order valence-corrected chi connectivity index (χ0v) is 25.3. The van der Waals surface area contributed by atoms with Gasteiger partial charge in [0.15, 0.2) is 4.80 Å². The van der Waals surface area contributed by atoms with Gasteiger partial charge in [0, 0.05) is 25.3 Å². The van der Waals surface area contributed by atoms with Gasteiger partial charge in [0.05, 0.1) is 36.1 Å². The van der Waals surface area contributed by atoms with E-state index >= 15 is 0 Å². The molecule has 1 aliphatic rings. The number of carbonyl (C=O) groups is 1. The summed E-state index contributed by atoms with van der Waals surface area (Å²) < 4.78 is 18.9. The van der Waals surface area contributed by atoms with E-state index in [0.29, 0.717) is 33.0 Å². The fraction of sp³-hybridized carbons (Fsp3) is 0.242. The van der Waals surface area contributed by atoms with Gasteiger partial charge in [-0.1, -0.05) is 47.7 Å². The Labute approximate surface area is 248 Å². The van der Waals surface area contributed by atoms with Crippen molar-refractivity contribution >= 4 is 29.1 Å². The molecular weight excluding hydrogens is 550 g/mol. The first-order valence-corrected chi connectivity index (χ1v) is 14.3. The Bertz CT molecular complexity index is 1850. The summed E-state index contributed by atoms with van der Waals surface area (Å²) in [5.74, 6) is 0.982. The van der Waals surface area contributed by atoms with Crippen LogP contribution in [0.2, 0.25) is 0 Å². The third-order valence-corrected chi connectivity index (χ3v) is 8.21. The first-order chi connectivity index (χ1) is 20.2. The lowest BCUT2D eigenvalue weighted by atomic mass is 9.95. The van der Waals surface area contributed by atoms with Gasteiger partial charge in [0.2, 0.25) is 0 Å². The number of thiazole rings is 1. The number of esters is 1. The highest BCUT2D eigenvalue weighted by molar-refractivity contribution is 7.07. The Morgan fingerprint density at radius 2 is 1.76 bits per heavy atom. The van der Waals surface area contributed by atoms with Crippen molar-refractivity contribution in [3.05, 3.63) is 120 Å². The van der Waals surface area contributed by atoms with Gasteiger partial charge in [-0.05, 0) is 66.9 Å². The molecule has 1 unspecified atom stereocenters. The van der Waals surface area contributed by atoms with Crippen molar-refractivity contribution in [2.75, 3.05) is 33.2 Å². The minimum Gasteiger partial charge on any atom is -0.496 e. The standard InChI is InChI=1S/C33H33N3O5S/c1-20-9-7-8-10-26(20)41-19-24-17-22(11-16-27(24)39-5)18-28-31(37)36-30(23-12-14-25(15-13-23)35(3)4)29(32(38)40-6)21(2)34-33(36)42-28/h7-18,30H,19H2,1-6H3. The number of benzene rings is 3. The average molecular weight is 584 g/mol. The van der Waals surface area contributed by atoms with Gasteiger partial charge in [-0.3, -0.25) is 9.36 Å². The summed E-state index contributed by atoms with van der Waals surface area (Å²) in [6.07, 6.45) is 1.84. The molecule has 0 radical (unpaired) electrons. The summed E-state index contributed by atoms with van der Waals surface area (Å²) in [6, 6.07) is 20.7. The highest BCUT2D eigenvalue weighted by Gasteiger charge is 2.33. The van der Waals surface area contributed by atoms with Crippen LogP contribution >= 0.6 is 11.3 Å². The number of para-hydroxylation sites is 1. The molecule has 0 fully saturated rings. The number of ether oxygens (including phenoxy) is 3. The predicted molar refractivity (Wildman–Crippen MR) is 165 cm³/mol. The molecule has 5 rings (SSSR count). The summed E-state index contributed by atoms with van der Waals surface area (Å²) in [6.45, 7) is 4.08. The SMILES string of the molecule is COC(=O)C1=C(C)N=c2sc(=Cc3ccc(OC)c(COc4ccccc4C)c3)c(=O)n2C1c1ccc(N(C)C)cc1. The Hall–Kier alpha value is -4.63. The fourth-order valence-corrected chi connectivity index (χ4v) is 6.04. The number of hydrogen-bond acceptors (Lipinski definition) is 8. The lowest BCUT2D eigenvalue weighted by molar-refractivity contribution is -0.136. The van der Waals surface area contributed by atoms with Gasteiger partial charge in [-0.2, -0.15) is 0 Å². The van der Waals surface area contributed by atoms with Crippen LogP contribution in [0.5, 0.6) is 11.5 Å². The molecule has 0 spiro atoms. The average Bonchev–Trinajstić information content (AvgIpc) is 3.29. The van der Waals surface area contributed by atoms with Crippen LogP contribution in [0.25, 0.3) is 6.08 Å². The molecule has 42 heavy (non-hydrogen) atoms. The number of allylic oxidation sites excluding steroid dienone is 1. The number of rotatable bonds is 8. The van der Waals surface area contributed by atoms with E-state index in [9.17, 15) is 9.59 Å². The van der Waals surface area contributed by atoms with Crippen LogP contribution < -0.4 is 29.3 Å². The Morgan fingerprint density at radius 1 is 1.02 bits per heavy atom. The Balaban J connectivity index is 1.58. The zero-order valence-electron chi connectivity index (χ0n) is 24.5. The maximum atomic E-state index is 13.9.